The summed E-state index contributed by atoms with van der Waals surface area (Å²) in [7, 11) is 0. The molecule has 5 nitrogen and oxygen atoms in total. The first-order chi connectivity index (χ1) is 5.25. The topological polar surface area (TPSA) is 83.0 Å². The van der Waals surface area contributed by atoms with Gasteiger partial charge in [-0.3, -0.25) is 0 Å². The Kier molecular flexibility index (Phi) is 2.40. The van der Waals surface area contributed by atoms with Crippen molar-refractivity contribution in [2.24, 2.45) is 5.90 Å². The number of nitrogens with one attached hydrogen (secondary N) is 1. The Morgan fingerprint density at radius 1 is 1.45 bits per heavy atom. The molecule has 0 heterocycles. The van der Waals surface area contributed by atoms with E-state index in [2.05, 4.69) is 4.84 Å². The zero-order chi connectivity index (χ0) is 8.27. The minimum absolute atomic E-state index is 0.0648. The van der Waals surface area contributed by atoms with Crippen LogP contribution in [0.4, 0.5) is 5.69 Å². The summed E-state index contributed by atoms with van der Waals surface area (Å²) in [5.74, 6) is 4.99. The van der Waals surface area contributed by atoms with Gasteiger partial charge in [-0.05, 0) is 6.07 Å². The van der Waals surface area contributed by atoms with E-state index >= 15 is 0 Å². The lowest BCUT2D eigenvalue weighted by Crippen LogP contribution is -2.99. The molecule has 0 aromatic heterocycles. The Balaban J connectivity index is 3.02. The van der Waals surface area contributed by atoms with Gasteiger partial charge < -0.3 is 10.0 Å². The van der Waals surface area contributed by atoms with Crippen LogP contribution < -0.4 is 16.0 Å². The summed E-state index contributed by atoms with van der Waals surface area (Å²) in [6.07, 6.45) is 0. The van der Waals surface area contributed by atoms with Crippen molar-refractivity contribution in [3.8, 4) is 5.75 Å². The number of hydrogen-bond acceptors (Lipinski definition) is 4. The van der Waals surface area contributed by atoms with Crippen LogP contribution in [0.5, 0.6) is 5.75 Å². The predicted molar refractivity (Wildman–Crippen MR) is 37.0 cm³/mol. The summed E-state index contributed by atoms with van der Waals surface area (Å²) in [5, 5.41) is 18.0. The largest absolute Gasteiger partial charge is 0.595 e. The highest BCUT2D eigenvalue weighted by molar-refractivity contribution is 5.44. The van der Waals surface area contributed by atoms with Crippen molar-refractivity contribution in [1.82, 2.24) is 0 Å². The molecule has 1 unspecified atom stereocenters. The molecule has 1 atom stereocenters. The first-order valence-electron chi connectivity index (χ1n) is 2.94. The van der Waals surface area contributed by atoms with Crippen molar-refractivity contribution in [2.45, 2.75) is 0 Å². The smallest absolute Gasteiger partial charge is 0.210 e. The van der Waals surface area contributed by atoms with Crippen LogP contribution >= 0.6 is 0 Å². The molecule has 0 aliphatic carbocycles. The van der Waals surface area contributed by atoms with Crippen LogP contribution in [0.15, 0.2) is 24.3 Å². The van der Waals surface area contributed by atoms with E-state index in [-0.39, 0.29) is 11.4 Å². The number of quaternary nitrogens is 1. The van der Waals surface area contributed by atoms with Crippen LogP contribution in [0.3, 0.4) is 0 Å². The molecule has 1 aromatic carbocycles. The van der Waals surface area contributed by atoms with Crippen molar-refractivity contribution in [3.05, 3.63) is 29.5 Å². The van der Waals surface area contributed by atoms with Gasteiger partial charge in [0.1, 0.15) is 0 Å². The maximum absolute atomic E-state index is 10.4. The van der Waals surface area contributed by atoms with Gasteiger partial charge in [-0.25, -0.2) is 5.21 Å². The van der Waals surface area contributed by atoms with Gasteiger partial charge in [0.2, 0.25) is 11.4 Å². The van der Waals surface area contributed by atoms with Gasteiger partial charge in [-0.15, -0.1) is 0 Å². The van der Waals surface area contributed by atoms with E-state index in [1.807, 2.05) is 0 Å². The number of nitrogens with two attached hydrogens (primary N) is 1. The highest BCUT2D eigenvalue weighted by atomic mass is 16.8. The molecule has 0 saturated carbocycles. The van der Waals surface area contributed by atoms with E-state index in [1.165, 1.54) is 12.1 Å². The van der Waals surface area contributed by atoms with Crippen LogP contribution in [0.1, 0.15) is 0 Å². The molecule has 0 amide bonds. The van der Waals surface area contributed by atoms with E-state index in [1.54, 1.807) is 12.1 Å². The molecular formula is C6H8N2O3. The first-order valence-corrected chi connectivity index (χ1v) is 2.94. The third-order valence-electron chi connectivity index (χ3n) is 1.24. The normalized spacial score (nSPS) is 12.6. The van der Waals surface area contributed by atoms with Crippen LogP contribution in [0, 0.1) is 5.21 Å². The van der Waals surface area contributed by atoms with E-state index in [0.29, 0.717) is 0 Å². The molecule has 0 spiro atoms. The predicted octanol–water partition coefficient (Wildman–Crippen LogP) is -0.657. The molecule has 0 aliphatic heterocycles. The Morgan fingerprint density at radius 3 is 2.55 bits per heavy atom. The molecule has 0 aliphatic rings. The second kappa shape index (κ2) is 3.31. The highest BCUT2D eigenvalue weighted by Crippen LogP contribution is 2.17. The van der Waals surface area contributed by atoms with Gasteiger partial charge >= 0.3 is 0 Å². The second-order valence-electron chi connectivity index (χ2n) is 1.92. The number of hydrogen-bond donors (Lipinski definition) is 3. The lowest BCUT2D eigenvalue weighted by molar-refractivity contribution is -0.991. The molecular weight excluding hydrogens is 148 g/mol. The quantitative estimate of drug-likeness (QED) is 0.496. The number of para-hydroxylation sites is 2. The monoisotopic (exact) mass is 156 g/mol. The fraction of sp³-hybridized carbons (Fsp3) is 0. The summed E-state index contributed by atoms with van der Waals surface area (Å²) in [6.45, 7) is 0. The maximum Gasteiger partial charge on any atom is 0.210 e. The van der Waals surface area contributed by atoms with Gasteiger partial charge in [0.15, 0.2) is 0 Å². The molecule has 0 fully saturated rings. The van der Waals surface area contributed by atoms with Crippen molar-refractivity contribution >= 4 is 5.69 Å². The Labute approximate surface area is 63.1 Å². The van der Waals surface area contributed by atoms with Crippen LogP contribution in [0.2, 0.25) is 0 Å². The molecule has 60 valence electrons. The van der Waals surface area contributed by atoms with Gasteiger partial charge in [0.05, 0.1) is 0 Å². The SMILES string of the molecule is NOc1ccccc1[NH+]([O-])O. The third kappa shape index (κ3) is 1.66. The van der Waals surface area contributed by atoms with Gasteiger partial charge in [-0.2, -0.15) is 11.1 Å². The Bertz CT molecular complexity index is 239. The highest BCUT2D eigenvalue weighted by Gasteiger charge is 2.06. The van der Waals surface area contributed by atoms with Gasteiger partial charge in [0, 0.05) is 6.07 Å². The molecule has 0 radical (unpaired) electrons. The fourth-order valence-electron chi connectivity index (χ4n) is 0.746. The lowest BCUT2D eigenvalue weighted by atomic mass is 10.3. The molecule has 1 rings (SSSR count). The number of benzene rings is 1. The molecule has 0 saturated heterocycles. The summed E-state index contributed by atoms with van der Waals surface area (Å²) in [6, 6.07) is 6.16. The van der Waals surface area contributed by atoms with Crippen molar-refractivity contribution in [2.75, 3.05) is 0 Å². The maximum atomic E-state index is 10.4. The van der Waals surface area contributed by atoms with E-state index in [9.17, 15) is 5.21 Å². The summed E-state index contributed by atoms with van der Waals surface area (Å²) < 4.78 is 0. The molecule has 4 N–H and O–H groups in total. The van der Waals surface area contributed by atoms with Gasteiger partial charge in [-0.1, -0.05) is 12.1 Å². The fourth-order valence-corrected chi connectivity index (χ4v) is 0.746. The zero-order valence-corrected chi connectivity index (χ0v) is 5.65. The molecule has 5 heteroatoms. The average molecular weight is 156 g/mol. The third-order valence-corrected chi connectivity index (χ3v) is 1.24. The van der Waals surface area contributed by atoms with Crippen LogP contribution in [-0.4, -0.2) is 5.21 Å². The Hall–Kier alpha value is -1.14. The minimum Gasteiger partial charge on any atom is -0.595 e. The van der Waals surface area contributed by atoms with Gasteiger partial charge in [0.25, 0.3) is 0 Å². The molecule has 1 aromatic rings. The van der Waals surface area contributed by atoms with Crippen LogP contribution in [-0.2, 0) is 0 Å². The summed E-state index contributed by atoms with van der Waals surface area (Å²) in [5.41, 5.74) is 0.0648. The van der Waals surface area contributed by atoms with Crippen molar-refractivity contribution in [1.29, 1.82) is 0 Å². The summed E-state index contributed by atoms with van der Waals surface area (Å²) in [4.78, 5) is 4.33. The first kappa shape index (κ1) is 7.96. The lowest BCUT2D eigenvalue weighted by Gasteiger charge is -2.13. The second-order valence-corrected chi connectivity index (χ2v) is 1.92. The minimum atomic E-state index is -1.05. The zero-order valence-electron chi connectivity index (χ0n) is 5.65. The standard InChI is InChI=1S/C6H8N2O3/c7-11-6-4-2-1-3-5(6)8(9)10/h1-4,8-9H,7H2. The average Bonchev–Trinajstić information content (AvgIpc) is 2.04. The molecule has 0 bridgehead atoms. The number of rotatable bonds is 2. The Morgan fingerprint density at radius 2 is 2.09 bits per heavy atom. The summed E-state index contributed by atoms with van der Waals surface area (Å²) >= 11 is 0. The molecule has 11 heavy (non-hydrogen) atoms. The van der Waals surface area contributed by atoms with Crippen molar-refractivity contribution < 1.29 is 15.3 Å². The van der Waals surface area contributed by atoms with E-state index < -0.39 is 5.23 Å². The van der Waals surface area contributed by atoms with Crippen LogP contribution in [0.25, 0.3) is 0 Å². The van der Waals surface area contributed by atoms with E-state index in [0.717, 1.165) is 0 Å². The van der Waals surface area contributed by atoms with E-state index in [4.69, 9.17) is 11.1 Å². The van der Waals surface area contributed by atoms with Crippen molar-refractivity contribution in [3.63, 3.8) is 0 Å².